The van der Waals surface area contributed by atoms with Gasteiger partial charge in [0.15, 0.2) is 0 Å². The Labute approximate surface area is 307 Å². The van der Waals surface area contributed by atoms with E-state index in [1.165, 1.54) is 84.0 Å². The molecule has 2 N–H and O–H groups in total. The second-order valence-electron chi connectivity index (χ2n) is 13.9. The number of amides is 4. The summed E-state index contributed by atoms with van der Waals surface area (Å²) in [5.41, 5.74) is 1.12. The first-order valence-electron chi connectivity index (χ1n) is 18.0. The predicted molar refractivity (Wildman–Crippen MR) is 187 cm³/mol. The van der Waals surface area contributed by atoms with Gasteiger partial charge < -0.3 is 19.7 Å². The van der Waals surface area contributed by atoms with Crippen molar-refractivity contribution in [2.75, 3.05) is 9.80 Å². The summed E-state index contributed by atoms with van der Waals surface area (Å²) in [6.07, 6.45) is 8.60. The van der Waals surface area contributed by atoms with E-state index in [4.69, 9.17) is 19.7 Å². The quantitative estimate of drug-likeness (QED) is 0.184. The number of carboxylic acid groups (broad SMARTS) is 2. The van der Waals surface area contributed by atoms with Crippen molar-refractivity contribution in [3.05, 3.63) is 59.7 Å². The van der Waals surface area contributed by atoms with E-state index in [2.05, 4.69) is 13.8 Å². The number of carbonyl (C=O) groups is 6. The fraction of sp³-hybridized carbons (Fsp3) is 0.526. The maximum atomic E-state index is 12.5. The molecule has 0 aromatic heterocycles. The number of anilines is 2. The number of hydrogen-bond acceptors (Lipinski definition) is 8. The van der Waals surface area contributed by atoms with Gasteiger partial charge in [0, 0.05) is 0 Å². The van der Waals surface area contributed by atoms with Crippen molar-refractivity contribution in [2.24, 2.45) is 23.7 Å². The standard InChI is InChI=1S/2C15H13NO5.2C4H9.Sn/c2*17-13-11-9-5-6-10(21-9)12(11)14(18)16(13)8-3-1-7(2-4-8)15(19)20;2*1-3-4-2;/h2*1-4,9-12H,5-6H2,(H,19,20);2*1,3-4H2,2H3;/t2*9-,10+,11-,12+;;;. The van der Waals surface area contributed by atoms with E-state index in [-0.39, 0.29) is 104 Å². The third kappa shape index (κ3) is 7.23. The van der Waals surface area contributed by atoms with Gasteiger partial charge in [0.2, 0.25) is 23.6 Å². The molecular weight excluding hydrogens is 763 g/mol. The monoisotopic (exact) mass is 808 g/mol. The maximum Gasteiger partial charge on any atom is 0.335 e. The molecule has 0 aliphatic carbocycles. The molecule has 270 valence electrons. The summed E-state index contributed by atoms with van der Waals surface area (Å²) in [4.78, 5) is 74.1. The number of nitrogens with zero attached hydrogens (tertiary/aromatic N) is 2. The van der Waals surface area contributed by atoms with Crippen molar-refractivity contribution in [3.8, 4) is 0 Å². The van der Waals surface area contributed by atoms with Crippen LogP contribution in [0, 0.1) is 23.7 Å². The van der Waals surface area contributed by atoms with Gasteiger partial charge in [-0.3, -0.25) is 19.2 Å². The minimum absolute atomic E-state index is 0.126. The summed E-state index contributed by atoms with van der Waals surface area (Å²) in [7, 11) is 0. The summed E-state index contributed by atoms with van der Waals surface area (Å²) < 4.78 is 14.6. The molecule has 0 saturated carbocycles. The van der Waals surface area contributed by atoms with Crippen LogP contribution in [0.1, 0.15) is 85.9 Å². The summed E-state index contributed by atoms with van der Waals surface area (Å²) >= 11 is 0.149. The molecule has 6 fully saturated rings. The van der Waals surface area contributed by atoms with Crippen LogP contribution in [0.4, 0.5) is 11.4 Å². The number of hydrogen-bond donors (Lipinski definition) is 2. The summed E-state index contributed by atoms with van der Waals surface area (Å²) in [6.45, 7) is 4.58. The van der Waals surface area contributed by atoms with Crippen molar-refractivity contribution < 1.29 is 48.5 Å². The van der Waals surface area contributed by atoms with Crippen molar-refractivity contribution in [3.63, 3.8) is 0 Å². The first-order valence-corrected chi connectivity index (χ1v) is 22.0. The summed E-state index contributed by atoms with van der Waals surface area (Å²) in [6, 6.07) is 11.6. The van der Waals surface area contributed by atoms with Gasteiger partial charge in [-0.1, -0.05) is 0 Å². The van der Waals surface area contributed by atoms with Gasteiger partial charge in [-0.15, -0.1) is 0 Å². The van der Waals surface area contributed by atoms with Crippen molar-refractivity contribution in [1.82, 2.24) is 0 Å². The first-order chi connectivity index (χ1) is 24.6. The van der Waals surface area contributed by atoms with E-state index in [1.807, 2.05) is 0 Å². The number of carboxylic acids is 2. The molecule has 12 nitrogen and oxygen atoms in total. The zero-order valence-corrected chi connectivity index (χ0v) is 31.7. The molecule has 6 aliphatic rings. The first kappa shape index (κ1) is 37.1. The Morgan fingerprint density at radius 3 is 1.14 bits per heavy atom. The molecule has 8 rings (SSSR count). The van der Waals surface area contributed by atoms with Crippen LogP contribution in [0.2, 0.25) is 8.87 Å². The van der Waals surface area contributed by atoms with Crippen molar-refractivity contribution >= 4 is 68.1 Å². The van der Waals surface area contributed by atoms with Crippen LogP contribution < -0.4 is 9.80 Å². The largest absolute Gasteiger partial charge is 0.478 e. The minimum Gasteiger partial charge on any atom is -0.478 e. The zero-order valence-electron chi connectivity index (χ0n) is 28.9. The fourth-order valence-corrected chi connectivity index (χ4v) is 12.3. The van der Waals surface area contributed by atoms with Crippen LogP contribution in [0.15, 0.2) is 48.5 Å². The SMILES string of the molecule is CCC[CH2][Sn][CH2]CCC.O=C(O)c1ccc(N2C(=O)[C@@H]3[C@H](C2=O)[C@H]2CC[C@@H]3O2)cc1.O=C(O)c1ccc(N2C(=O)[C@@H]3[C@H](C2=O)[C@H]2CC[C@@H]3O2)cc1. The van der Waals surface area contributed by atoms with Gasteiger partial charge in [0.1, 0.15) is 0 Å². The molecule has 8 atom stereocenters. The molecule has 0 spiro atoms. The molecule has 4 bridgehead atoms. The van der Waals surface area contributed by atoms with E-state index >= 15 is 0 Å². The Balaban J connectivity index is 0.000000143. The number of benzene rings is 2. The smallest absolute Gasteiger partial charge is 0.335 e. The molecule has 13 heteroatoms. The number of aromatic carboxylic acids is 2. The van der Waals surface area contributed by atoms with Gasteiger partial charge in [-0.05, 0) is 74.2 Å². The van der Waals surface area contributed by atoms with Gasteiger partial charge in [-0.2, -0.15) is 0 Å². The summed E-state index contributed by atoms with van der Waals surface area (Å²) in [5, 5.41) is 17.8. The van der Waals surface area contributed by atoms with E-state index in [9.17, 15) is 28.8 Å². The maximum absolute atomic E-state index is 12.5. The van der Waals surface area contributed by atoms with Crippen LogP contribution in [-0.2, 0) is 28.7 Å². The molecule has 51 heavy (non-hydrogen) atoms. The molecular formula is C38H44N2O10Sn. The van der Waals surface area contributed by atoms with Crippen molar-refractivity contribution in [2.45, 2.75) is 98.5 Å². The van der Waals surface area contributed by atoms with E-state index in [0.717, 1.165) is 25.7 Å². The average Bonchev–Trinajstić information content (AvgIpc) is 3.99. The van der Waals surface area contributed by atoms with Crippen molar-refractivity contribution in [1.29, 1.82) is 0 Å². The van der Waals surface area contributed by atoms with Gasteiger partial charge >= 0.3 is 81.5 Å². The topological polar surface area (TPSA) is 168 Å². The van der Waals surface area contributed by atoms with E-state index in [0.29, 0.717) is 11.4 Å². The van der Waals surface area contributed by atoms with Gasteiger partial charge in [0.25, 0.3) is 0 Å². The third-order valence-corrected chi connectivity index (χ3v) is 14.8. The second-order valence-corrected chi connectivity index (χ2v) is 18.1. The van der Waals surface area contributed by atoms with Gasteiger partial charge in [-0.25, -0.2) is 19.4 Å². The number of ether oxygens (including phenoxy) is 2. The Morgan fingerprint density at radius 1 is 0.588 bits per heavy atom. The number of rotatable bonds is 10. The Hall–Kier alpha value is -3.62. The van der Waals surface area contributed by atoms with E-state index < -0.39 is 11.9 Å². The van der Waals surface area contributed by atoms with Gasteiger partial charge in [0.05, 0.1) is 70.6 Å². The van der Waals surface area contributed by atoms with Crippen LogP contribution in [0.3, 0.4) is 0 Å². The normalized spacial score (nSPS) is 29.5. The Kier molecular flexibility index (Phi) is 11.6. The predicted octanol–water partition coefficient (Wildman–Crippen LogP) is 5.23. The molecule has 2 aromatic rings. The van der Waals surface area contributed by atoms with Crippen LogP contribution in [-0.4, -0.2) is 91.3 Å². The molecule has 2 aromatic carbocycles. The molecule has 4 amide bonds. The minimum atomic E-state index is -1.04. The summed E-state index contributed by atoms with van der Waals surface area (Å²) in [5.74, 6) is -4.43. The molecule has 0 unspecified atom stereocenters. The molecule has 2 radical (unpaired) electrons. The van der Waals surface area contributed by atoms with Crippen LogP contribution >= 0.6 is 0 Å². The number of unbranched alkanes of at least 4 members (excludes halogenated alkanes) is 2. The molecule has 6 aliphatic heterocycles. The van der Waals surface area contributed by atoms with E-state index in [1.54, 1.807) is 8.87 Å². The fourth-order valence-electron chi connectivity index (χ4n) is 8.17. The third-order valence-electron chi connectivity index (χ3n) is 10.7. The average molecular weight is 807 g/mol. The number of carbonyl (C=O) groups excluding carboxylic acids is 4. The Bertz CT molecular complexity index is 1490. The molecule has 6 saturated heterocycles. The number of imide groups is 2. The van der Waals surface area contributed by atoms with Crippen LogP contribution in [0.5, 0.6) is 0 Å². The number of fused-ring (bicyclic) bond motifs is 10. The van der Waals surface area contributed by atoms with Crippen LogP contribution in [0.25, 0.3) is 0 Å². The second kappa shape index (κ2) is 16.0. The Morgan fingerprint density at radius 2 is 0.882 bits per heavy atom. The zero-order chi connectivity index (χ0) is 36.4. The molecule has 6 heterocycles.